The Bertz CT molecular complexity index is 598. The third-order valence-electron chi connectivity index (χ3n) is 2.80. The predicted molar refractivity (Wildman–Crippen MR) is 78.1 cm³/mol. The molecule has 0 radical (unpaired) electrons. The third kappa shape index (κ3) is 3.58. The number of halogens is 1. The molecular weight excluding hydrogens is 306 g/mol. The zero-order valence-electron chi connectivity index (χ0n) is 10.4. The summed E-state index contributed by atoms with van der Waals surface area (Å²) in [5, 5.41) is 12.3. The van der Waals surface area contributed by atoms with Gasteiger partial charge in [0, 0.05) is 10.0 Å². The minimum Gasteiger partial charge on any atom is -0.508 e. The van der Waals surface area contributed by atoms with E-state index < -0.39 is 0 Å². The maximum atomic E-state index is 12.1. The zero-order valence-corrected chi connectivity index (χ0v) is 12.0. The molecule has 0 saturated heterocycles. The van der Waals surface area contributed by atoms with Crippen LogP contribution in [0.5, 0.6) is 5.75 Å². The van der Waals surface area contributed by atoms with Crippen LogP contribution in [0.25, 0.3) is 0 Å². The van der Waals surface area contributed by atoms with E-state index in [-0.39, 0.29) is 17.7 Å². The largest absolute Gasteiger partial charge is 0.508 e. The van der Waals surface area contributed by atoms with Crippen molar-refractivity contribution in [3.8, 4) is 5.75 Å². The number of amides is 1. The van der Waals surface area contributed by atoms with E-state index in [2.05, 4.69) is 21.2 Å². The molecule has 0 fully saturated rings. The minimum atomic E-state index is -0.168. The lowest BCUT2D eigenvalue weighted by molar-refractivity contribution is 0.0939. The molecule has 4 heteroatoms. The molecule has 1 atom stereocenters. The van der Waals surface area contributed by atoms with Gasteiger partial charge in [-0.15, -0.1) is 0 Å². The van der Waals surface area contributed by atoms with Crippen molar-refractivity contribution in [1.82, 2.24) is 5.32 Å². The summed E-state index contributed by atoms with van der Waals surface area (Å²) in [6.07, 6.45) is 0. The molecule has 0 spiro atoms. The zero-order chi connectivity index (χ0) is 13.8. The van der Waals surface area contributed by atoms with E-state index in [1.54, 1.807) is 30.3 Å². The van der Waals surface area contributed by atoms with Gasteiger partial charge in [0.15, 0.2) is 0 Å². The van der Waals surface area contributed by atoms with Crippen molar-refractivity contribution in [1.29, 1.82) is 0 Å². The first kappa shape index (κ1) is 13.6. The van der Waals surface area contributed by atoms with Crippen LogP contribution < -0.4 is 5.32 Å². The van der Waals surface area contributed by atoms with Crippen LogP contribution in [-0.4, -0.2) is 11.0 Å². The Morgan fingerprint density at radius 3 is 2.63 bits per heavy atom. The molecule has 0 aliphatic rings. The highest BCUT2D eigenvalue weighted by molar-refractivity contribution is 9.10. The van der Waals surface area contributed by atoms with E-state index in [9.17, 15) is 9.90 Å². The van der Waals surface area contributed by atoms with Gasteiger partial charge >= 0.3 is 0 Å². The van der Waals surface area contributed by atoms with Crippen molar-refractivity contribution < 1.29 is 9.90 Å². The molecule has 1 unspecified atom stereocenters. The lowest BCUT2D eigenvalue weighted by atomic mass is 10.1. The summed E-state index contributed by atoms with van der Waals surface area (Å²) in [5.74, 6) is 0.0539. The number of phenols is 1. The van der Waals surface area contributed by atoms with Crippen LogP contribution in [0.1, 0.15) is 28.9 Å². The Morgan fingerprint density at radius 1 is 1.21 bits per heavy atom. The molecule has 2 N–H and O–H groups in total. The maximum absolute atomic E-state index is 12.1. The second-order valence-corrected chi connectivity index (χ2v) is 5.22. The van der Waals surface area contributed by atoms with Gasteiger partial charge in [0.25, 0.3) is 5.91 Å². The van der Waals surface area contributed by atoms with E-state index in [1.165, 1.54) is 0 Å². The Kier molecular flexibility index (Phi) is 4.22. The molecule has 0 aliphatic heterocycles. The first-order chi connectivity index (χ1) is 9.06. The van der Waals surface area contributed by atoms with Crippen molar-refractivity contribution >= 4 is 21.8 Å². The number of phenolic OH excluding ortho intramolecular Hbond substituents is 1. The highest BCUT2D eigenvalue weighted by Gasteiger charge is 2.11. The number of nitrogens with one attached hydrogen (secondary N) is 1. The maximum Gasteiger partial charge on any atom is 0.251 e. The van der Waals surface area contributed by atoms with Crippen LogP contribution in [0.3, 0.4) is 0 Å². The molecule has 0 aromatic heterocycles. The first-order valence-corrected chi connectivity index (χ1v) is 6.71. The van der Waals surface area contributed by atoms with Gasteiger partial charge in [-0.2, -0.15) is 0 Å². The van der Waals surface area contributed by atoms with Crippen LogP contribution in [0.15, 0.2) is 53.0 Å². The number of hydrogen-bond donors (Lipinski definition) is 2. The van der Waals surface area contributed by atoms with Crippen molar-refractivity contribution in [2.45, 2.75) is 13.0 Å². The normalized spacial score (nSPS) is 11.9. The highest BCUT2D eigenvalue weighted by Crippen LogP contribution is 2.18. The van der Waals surface area contributed by atoms with Gasteiger partial charge < -0.3 is 10.4 Å². The number of carbonyl (C=O) groups excluding carboxylic acids is 1. The summed E-state index contributed by atoms with van der Waals surface area (Å²) in [6.45, 7) is 1.88. The summed E-state index contributed by atoms with van der Waals surface area (Å²) in [5.41, 5.74) is 1.46. The Balaban J connectivity index is 2.11. The van der Waals surface area contributed by atoms with Gasteiger partial charge in [0.2, 0.25) is 0 Å². The average Bonchev–Trinajstić information content (AvgIpc) is 2.38. The molecule has 1 amide bonds. The molecule has 2 aromatic rings. The van der Waals surface area contributed by atoms with Crippen LogP contribution in [0.2, 0.25) is 0 Å². The van der Waals surface area contributed by atoms with Gasteiger partial charge in [-0.1, -0.05) is 34.1 Å². The van der Waals surface area contributed by atoms with E-state index in [0.29, 0.717) is 5.56 Å². The molecule has 2 rings (SSSR count). The summed E-state index contributed by atoms with van der Waals surface area (Å²) < 4.78 is 0.866. The predicted octanol–water partition coefficient (Wildman–Crippen LogP) is 3.65. The van der Waals surface area contributed by atoms with E-state index in [0.717, 1.165) is 10.0 Å². The molecule has 2 aromatic carbocycles. The van der Waals surface area contributed by atoms with Crippen LogP contribution in [0.4, 0.5) is 0 Å². The Morgan fingerprint density at radius 2 is 1.95 bits per heavy atom. The smallest absolute Gasteiger partial charge is 0.251 e. The summed E-state index contributed by atoms with van der Waals surface area (Å²) in [7, 11) is 0. The van der Waals surface area contributed by atoms with Crippen LogP contribution in [0, 0.1) is 0 Å². The molecule has 3 nitrogen and oxygen atoms in total. The Labute approximate surface area is 120 Å². The summed E-state index contributed by atoms with van der Waals surface area (Å²) >= 11 is 3.34. The van der Waals surface area contributed by atoms with Crippen molar-refractivity contribution in [2.75, 3.05) is 0 Å². The fraction of sp³-hybridized carbons (Fsp3) is 0.133. The quantitative estimate of drug-likeness (QED) is 0.907. The van der Waals surface area contributed by atoms with E-state index in [1.807, 2.05) is 25.1 Å². The van der Waals surface area contributed by atoms with Gasteiger partial charge in [-0.05, 0) is 42.8 Å². The molecule has 98 valence electrons. The van der Waals surface area contributed by atoms with Crippen LogP contribution >= 0.6 is 15.9 Å². The van der Waals surface area contributed by atoms with E-state index >= 15 is 0 Å². The number of benzene rings is 2. The minimum absolute atomic E-state index is 0.142. The number of rotatable bonds is 3. The highest BCUT2D eigenvalue weighted by atomic mass is 79.9. The lowest BCUT2D eigenvalue weighted by Crippen LogP contribution is -2.26. The number of hydrogen-bond acceptors (Lipinski definition) is 2. The summed E-state index contributed by atoms with van der Waals surface area (Å²) in [6, 6.07) is 13.9. The standard InChI is InChI=1S/C15H14BrNO2/c1-10(11-4-3-7-14(18)9-11)17-15(19)12-5-2-6-13(16)8-12/h2-10,18H,1H3,(H,17,19). The lowest BCUT2D eigenvalue weighted by Gasteiger charge is -2.14. The third-order valence-corrected chi connectivity index (χ3v) is 3.30. The molecule has 19 heavy (non-hydrogen) atoms. The van der Waals surface area contributed by atoms with Crippen LogP contribution in [-0.2, 0) is 0 Å². The second kappa shape index (κ2) is 5.89. The second-order valence-electron chi connectivity index (χ2n) is 4.30. The monoisotopic (exact) mass is 319 g/mol. The molecule has 0 saturated carbocycles. The topological polar surface area (TPSA) is 49.3 Å². The average molecular weight is 320 g/mol. The van der Waals surface area contributed by atoms with Crippen molar-refractivity contribution in [3.05, 3.63) is 64.1 Å². The van der Waals surface area contributed by atoms with Gasteiger partial charge in [0.1, 0.15) is 5.75 Å². The fourth-order valence-corrected chi connectivity index (χ4v) is 2.19. The SMILES string of the molecule is CC(NC(=O)c1cccc(Br)c1)c1cccc(O)c1. The molecule has 0 heterocycles. The molecular formula is C15H14BrNO2. The van der Waals surface area contributed by atoms with Crippen molar-refractivity contribution in [2.24, 2.45) is 0 Å². The summed E-state index contributed by atoms with van der Waals surface area (Å²) in [4.78, 5) is 12.1. The van der Waals surface area contributed by atoms with Gasteiger partial charge in [-0.25, -0.2) is 0 Å². The van der Waals surface area contributed by atoms with Gasteiger partial charge in [-0.3, -0.25) is 4.79 Å². The Hall–Kier alpha value is -1.81. The molecule has 0 aliphatic carbocycles. The van der Waals surface area contributed by atoms with Crippen molar-refractivity contribution in [3.63, 3.8) is 0 Å². The first-order valence-electron chi connectivity index (χ1n) is 5.91. The fourth-order valence-electron chi connectivity index (χ4n) is 1.79. The number of aromatic hydroxyl groups is 1. The van der Waals surface area contributed by atoms with Gasteiger partial charge in [0.05, 0.1) is 6.04 Å². The van der Waals surface area contributed by atoms with E-state index in [4.69, 9.17) is 0 Å². The number of carbonyl (C=O) groups is 1. The molecule has 0 bridgehead atoms.